The van der Waals surface area contributed by atoms with Crippen molar-refractivity contribution in [2.75, 3.05) is 0 Å². The maximum absolute atomic E-state index is 11.7. The molecular weight excluding hydrogens is 254 g/mol. The Morgan fingerprint density at radius 3 is 2.55 bits per heavy atom. The van der Waals surface area contributed by atoms with Crippen LogP contribution in [0.25, 0.3) is 10.8 Å². The Balaban J connectivity index is 2.52. The fraction of sp³-hybridized carbons (Fsp3) is 0.438. The maximum Gasteiger partial charge on any atom is 0.160 e. The minimum Gasteiger partial charge on any atom is -0.461 e. The van der Waals surface area contributed by atoms with Crippen molar-refractivity contribution in [3.8, 4) is 0 Å². The van der Waals surface area contributed by atoms with Crippen molar-refractivity contribution in [3.63, 3.8) is 0 Å². The van der Waals surface area contributed by atoms with Gasteiger partial charge in [-0.2, -0.15) is 0 Å². The molecule has 1 aromatic heterocycles. The molecule has 108 valence electrons. The van der Waals surface area contributed by atoms with Gasteiger partial charge in [0.05, 0.1) is 6.54 Å². The van der Waals surface area contributed by atoms with E-state index in [4.69, 9.17) is 4.42 Å². The van der Waals surface area contributed by atoms with Gasteiger partial charge in [0.1, 0.15) is 18.1 Å². The van der Waals surface area contributed by atoms with Crippen LogP contribution in [0.3, 0.4) is 0 Å². The van der Waals surface area contributed by atoms with Gasteiger partial charge in [-0.1, -0.05) is 18.2 Å². The van der Waals surface area contributed by atoms with E-state index in [2.05, 4.69) is 26.1 Å². The Bertz CT molecular complexity index is 635. The second kappa shape index (κ2) is 5.38. The van der Waals surface area contributed by atoms with Crippen LogP contribution < -0.4 is 5.32 Å². The molecule has 0 amide bonds. The lowest BCUT2D eigenvalue weighted by Gasteiger charge is -2.19. The first-order valence-corrected chi connectivity index (χ1v) is 6.73. The first kappa shape index (κ1) is 14.8. The van der Waals surface area contributed by atoms with Gasteiger partial charge >= 0.3 is 0 Å². The zero-order chi connectivity index (χ0) is 14.9. The Hall–Kier alpha value is -1.65. The lowest BCUT2D eigenvalue weighted by Crippen LogP contribution is -2.34. The van der Waals surface area contributed by atoms with Gasteiger partial charge in [-0.25, -0.2) is 0 Å². The largest absolute Gasteiger partial charge is 0.461 e. The van der Waals surface area contributed by atoms with Gasteiger partial charge in [0.2, 0.25) is 0 Å². The molecular formula is C16H21NO3. The molecule has 2 rings (SSSR count). The summed E-state index contributed by atoms with van der Waals surface area (Å²) >= 11 is 0. The van der Waals surface area contributed by atoms with E-state index < -0.39 is 0 Å². The molecule has 0 aliphatic carbocycles. The summed E-state index contributed by atoms with van der Waals surface area (Å²) in [5.41, 5.74) is 0.564. The molecule has 20 heavy (non-hydrogen) atoms. The maximum atomic E-state index is 11.7. The average Bonchev–Trinajstić information content (AvgIpc) is 2.73. The summed E-state index contributed by atoms with van der Waals surface area (Å²) in [6.45, 7) is 8.10. The number of benzene rings is 1. The first-order valence-electron chi connectivity index (χ1n) is 6.73. The number of rotatable bonds is 4. The monoisotopic (exact) mass is 275 g/mol. The topological polar surface area (TPSA) is 62.5 Å². The van der Waals surface area contributed by atoms with Crippen LogP contribution in [-0.2, 0) is 13.2 Å². The van der Waals surface area contributed by atoms with Crippen molar-refractivity contribution < 1.29 is 14.3 Å². The van der Waals surface area contributed by atoms with Crippen LogP contribution in [0, 0.1) is 0 Å². The molecule has 0 spiro atoms. The molecule has 0 aliphatic rings. The summed E-state index contributed by atoms with van der Waals surface area (Å²) < 4.78 is 5.74. The minimum absolute atomic E-state index is 0.0265. The number of nitrogens with one attached hydrogen (secondary N) is 1. The molecule has 0 saturated heterocycles. The number of hydrogen-bond donors (Lipinski definition) is 2. The van der Waals surface area contributed by atoms with Gasteiger partial charge < -0.3 is 14.8 Å². The number of carbonyl (C=O) groups is 1. The van der Waals surface area contributed by atoms with Crippen molar-refractivity contribution in [2.24, 2.45) is 0 Å². The third-order valence-corrected chi connectivity index (χ3v) is 3.19. The SMILES string of the molecule is CC(=O)c1cccc2c(CNC(C)(C)C)oc(CO)c12. The molecule has 1 aromatic carbocycles. The number of aliphatic hydroxyl groups is 1. The summed E-state index contributed by atoms with van der Waals surface area (Å²) in [4.78, 5) is 11.7. The normalized spacial score (nSPS) is 12.1. The van der Waals surface area contributed by atoms with Gasteiger partial charge in [0, 0.05) is 21.9 Å². The molecule has 0 bridgehead atoms. The van der Waals surface area contributed by atoms with Crippen molar-refractivity contribution in [3.05, 3.63) is 35.3 Å². The van der Waals surface area contributed by atoms with Crippen LogP contribution >= 0.6 is 0 Å². The van der Waals surface area contributed by atoms with Crippen LogP contribution in [0.2, 0.25) is 0 Å². The fourth-order valence-electron chi connectivity index (χ4n) is 2.22. The standard InChI is InChI=1S/C16H21NO3/c1-10(19)11-6-5-7-12-13(8-17-16(2,3)4)20-14(9-18)15(11)12/h5-7,17-18H,8-9H2,1-4H3. The molecule has 0 fully saturated rings. The van der Waals surface area contributed by atoms with Crippen LogP contribution in [0.5, 0.6) is 0 Å². The lowest BCUT2D eigenvalue weighted by atomic mass is 10.0. The number of ketones is 1. The fourth-order valence-corrected chi connectivity index (χ4v) is 2.22. The lowest BCUT2D eigenvalue weighted by molar-refractivity contribution is 0.101. The quantitative estimate of drug-likeness (QED) is 0.842. The van der Waals surface area contributed by atoms with Gasteiger partial charge in [-0.05, 0) is 27.7 Å². The van der Waals surface area contributed by atoms with E-state index in [9.17, 15) is 9.90 Å². The second-order valence-electron chi connectivity index (χ2n) is 5.99. The summed E-state index contributed by atoms with van der Waals surface area (Å²) in [6, 6.07) is 5.53. The summed E-state index contributed by atoms with van der Waals surface area (Å²) in [5, 5.41) is 14.4. The average molecular weight is 275 g/mol. The van der Waals surface area contributed by atoms with E-state index in [0.29, 0.717) is 17.9 Å². The highest BCUT2D eigenvalue weighted by Gasteiger charge is 2.19. The van der Waals surface area contributed by atoms with Gasteiger partial charge in [0.15, 0.2) is 5.78 Å². The summed E-state index contributed by atoms with van der Waals surface area (Å²) in [5.74, 6) is 1.18. The highest BCUT2D eigenvalue weighted by molar-refractivity contribution is 6.08. The number of aliphatic hydroxyl groups excluding tert-OH is 1. The third kappa shape index (κ3) is 2.92. The molecule has 0 saturated carbocycles. The van der Waals surface area contributed by atoms with E-state index in [0.717, 1.165) is 16.5 Å². The Morgan fingerprint density at radius 2 is 2.00 bits per heavy atom. The zero-order valence-corrected chi connectivity index (χ0v) is 12.4. The van der Waals surface area contributed by atoms with Crippen LogP contribution in [-0.4, -0.2) is 16.4 Å². The molecule has 0 unspecified atom stereocenters. The van der Waals surface area contributed by atoms with Crippen LogP contribution in [0.4, 0.5) is 0 Å². The smallest absolute Gasteiger partial charge is 0.160 e. The van der Waals surface area contributed by atoms with E-state index in [-0.39, 0.29) is 17.9 Å². The number of Topliss-reactive ketones (excluding diaryl/α,β-unsaturated/α-hetero) is 1. The van der Waals surface area contributed by atoms with Gasteiger partial charge in [-0.3, -0.25) is 4.79 Å². The number of furan rings is 1. The zero-order valence-electron chi connectivity index (χ0n) is 12.4. The highest BCUT2D eigenvalue weighted by atomic mass is 16.4. The Labute approximate surface area is 118 Å². The first-order chi connectivity index (χ1) is 9.33. The Morgan fingerprint density at radius 1 is 1.30 bits per heavy atom. The van der Waals surface area contributed by atoms with E-state index in [1.54, 1.807) is 6.07 Å². The van der Waals surface area contributed by atoms with Crippen molar-refractivity contribution >= 4 is 16.6 Å². The molecule has 2 N–H and O–H groups in total. The van der Waals surface area contributed by atoms with E-state index in [1.165, 1.54) is 6.92 Å². The molecule has 0 radical (unpaired) electrons. The minimum atomic E-state index is -0.212. The summed E-state index contributed by atoms with van der Waals surface area (Å²) in [7, 11) is 0. The Kier molecular flexibility index (Phi) is 3.97. The predicted octanol–water partition coefficient (Wildman–Crippen LogP) is 3.02. The highest BCUT2D eigenvalue weighted by Crippen LogP contribution is 2.30. The van der Waals surface area contributed by atoms with Crippen LogP contribution in [0.15, 0.2) is 22.6 Å². The van der Waals surface area contributed by atoms with E-state index in [1.807, 2.05) is 12.1 Å². The molecule has 0 aliphatic heterocycles. The molecule has 0 atom stereocenters. The van der Waals surface area contributed by atoms with Gasteiger partial charge in [0.25, 0.3) is 0 Å². The molecule has 4 nitrogen and oxygen atoms in total. The third-order valence-electron chi connectivity index (χ3n) is 3.19. The molecule has 4 heteroatoms. The van der Waals surface area contributed by atoms with Gasteiger partial charge in [-0.15, -0.1) is 0 Å². The second-order valence-corrected chi connectivity index (χ2v) is 5.99. The van der Waals surface area contributed by atoms with E-state index >= 15 is 0 Å². The van der Waals surface area contributed by atoms with Crippen molar-refractivity contribution in [1.82, 2.24) is 5.32 Å². The predicted molar refractivity (Wildman–Crippen MR) is 78.7 cm³/mol. The number of hydrogen-bond acceptors (Lipinski definition) is 4. The van der Waals surface area contributed by atoms with Crippen molar-refractivity contribution in [1.29, 1.82) is 0 Å². The van der Waals surface area contributed by atoms with Crippen LogP contribution in [0.1, 0.15) is 49.6 Å². The molecule has 2 aromatic rings. The number of fused-ring (bicyclic) bond motifs is 1. The number of carbonyl (C=O) groups excluding carboxylic acids is 1. The summed E-state index contributed by atoms with van der Waals surface area (Å²) in [6.07, 6.45) is 0. The molecule has 1 heterocycles. The van der Waals surface area contributed by atoms with Crippen molar-refractivity contribution in [2.45, 2.75) is 46.4 Å².